The lowest BCUT2D eigenvalue weighted by Crippen LogP contribution is -2.62. The van der Waals surface area contributed by atoms with Crippen LogP contribution in [-0.2, 0) is 18.9 Å². The van der Waals surface area contributed by atoms with E-state index in [1.165, 1.54) is 0 Å². The Hall–Kier alpha value is -0.320. The molecule has 0 spiro atoms. The van der Waals surface area contributed by atoms with Crippen molar-refractivity contribution in [2.45, 2.75) is 89.4 Å². The van der Waals surface area contributed by atoms with Gasteiger partial charge in [-0.2, -0.15) is 0 Å². The number of ether oxygens (including phenoxy) is 4. The van der Waals surface area contributed by atoms with Crippen molar-refractivity contribution in [3.8, 4) is 0 Å². The van der Waals surface area contributed by atoms with E-state index in [4.69, 9.17) is 18.9 Å². The Morgan fingerprint density at radius 1 is 0.792 bits per heavy atom. The van der Waals surface area contributed by atoms with Crippen molar-refractivity contribution in [2.75, 3.05) is 6.61 Å². The molecule has 8 nitrogen and oxygen atoms in total. The highest BCUT2D eigenvalue weighted by atomic mass is 16.7. The fraction of sp³-hybridized carbons (Fsp3) is 1.00. The van der Waals surface area contributed by atoms with Crippen LogP contribution in [0, 0.1) is 5.92 Å². The van der Waals surface area contributed by atoms with Crippen LogP contribution >= 0.6 is 0 Å². The third-order valence-corrected chi connectivity index (χ3v) is 4.89. The summed E-state index contributed by atoms with van der Waals surface area (Å²) in [4.78, 5) is 0. The van der Waals surface area contributed by atoms with E-state index >= 15 is 0 Å². The standard InChI is InChI=1S/C16H30O8/c1-5-9-7(3)22-16(12(19)10(9)17)24-14-8(4)23-15(21-6-2)13(20)11(14)18/h7-20H,5-6H2,1-4H3/t7?,8?,9?,10-,11+,12?,13?,14?,15-,16+/m0/s1. The molecule has 0 aromatic rings. The van der Waals surface area contributed by atoms with Crippen LogP contribution in [-0.4, -0.2) is 82.3 Å². The van der Waals surface area contributed by atoms with Gasteiger partial charge in [0.15, 0.2) is 12.6 Å². The first-order valence-electron chi connectivity index (χ1n) is 8.62. The minimum absolute atomic E-state index is 0.197. The largest absolute Gasteiger partial charge is 0.390 e. The van der Waals surface area contributed by atoms with Gasteiger partial charge in [0.25, 0.3) is 0 Å². The maximum atomic E-state index is 10.3. The third kappa shape index (κ3) is 3.91. The quantitative estimate of drug-likeness (QED) is 0.518. The van der Waals surface area contributed by atoms with E-state index in [2.05, 4.69) is 0 Å². The van der Waals surface area contributed by atoms with Crippen molar-refractivity contribution in [2.24, 2.45) is 5.92 Å². The zero-order valence-electron chi connectivity index (χ0n) is 14.6. The lowest BCUT2D eigenvalue weighted by atomic mass is 9.87. The number of aliphatic hydroxyl groups is 4. The number of rotatable bonds is 5. The molecule has 142 valence electrons. The van der Waals surface area contributed by atoms with Gasteiger partial charge in [-0.05, 0) is 27.2 Å². The Labute approximate surface area is 142 Å². The minimum Gasteiger partial charge on any atom is -0.390 e. The summed E-state index contributed by atoms with van der Waals surface area (Å²) in [7, 11) is 0. The van der Waals surface area contributed by atoms with Crippen molar-refractivity contribution >= 4 is 0 Å². The highest BCUT2D eigenvalue weighted by molar-refractivity contribution is 4.92. The van der Waals surface area contributed by atoms with E-state index in [1.807, 2.05) is 6.92 Å². The van der Waals surface area contributed by atoms with Crippen LogP contribution < -0.4 is 0 Å². The lowest BCUT2D eigenvalue weighted by Gasteiger charge is -2.46. The average Bonchev–Trinajstić information content (AvgIpc) is 2.54. The van der Waals surface area contributed by atoms with E-state index in [0.717, 1.165) is 0 Å². The molecule has 0 bridgehead atoms. The Bertz CT molecular complexity index is 394. The molecule has 4 N–H and O–H groups in total. The number of hydrogen-bond donors (Lipinski definition) is 4. The van der Waals surface area contributed by atoms with E-state index in [0.29, 0.717) is 13.0 Å². The normalized spacial score (nSPS) is 50.0. The van der Waals surface area contributed by atoms with Gasteiger partial charge >= 0.3 is 0 Å². The van der Waals surface area contributed by atoms with E-state index in [9.17, 15) is 20.4 Å². The Morgan fingerprint density at radius 2 is 1.38 bits per heavy atom. The molecule has 10 atom stereocenters. The second-order valence-electron chi connectivity index (χ2n) is 6.51. The van der Waals surface area contributed by atoms with Gasteiger partial charge < -0.3 is 39.4 Å². The van der Waals surface area contributed by atoms with Crippen molar-refractivity contribution in [3.05, 3.63) is 0 Å². The first-order chi connectivity index (χ1) is 11.3. The summed E-state index contributed by atoms with van der Waals surface area (Å²) >= 11 is 0. The van der Waals surface area contributed by atoms with Crippen LogP contribution in [0.1, 0.15) is 34.1 Å². The predicted molar refractivity (Wildman–Crippen MR) is 83.0 cm³/mol. The van der Waals surface area contributed by atoms with E-state index < -0.39 is 49.2 Å². The summed E-state index contributed by atoms with van der Waals surface area (Å²) in [5, 5.41) is 40.9. The van der Waals surface area contributed by atoms with Gasteiger partial charge in [-0.15, -0.1) is 0 Å². The second kappa shape index (κ2) is 8.37. The Kier molecular flexibility index (Phi) is 6.98. The van der Waals surface area contributed by atoms with Crippen molar-refractivity contribution in [3.63, 3.8) is 0 Å². The molecule has 0 saturated carbocycles. The molecule has 2 fully saturated rings. The fourth-order valence-corrected chi connectivity index (χ4v) is 3.42. The monoisotopic (exact) mass is 350 g/mol. The molecule has 24 heavy (non-hydrogen) atoms. The van der Waals surface area contributed by atoms with Gasteiger partial charge in [0, 0.05) is 12.5 Å². The van der Waals surface area contributed by atoms with Gasteiger partial charge in [0.2, 0.25) is 0 Å². The molecule has 2 saturated heterocycles. The SMILES string of the molecule is CCO[C@H]1OC(C)C(O[C@H]2OC(C)C(CC)[C@H](O)C2O)[C@H](O)C1O. The lowest BCUT2D eigenvalue weighted by molar-refractivity contribution is -0.348. The van der Waals surface area contributed by atoms with Gasteiger partial charge in [-0.25, -0.2) is 0 Å². The summed E-state index contributed by atoms with van der Waals surface area (Å²) < 4.78 is 22.1. The van der Waals surface area contributed by atoms with Crippen molar-refractivity contribution in [1.29, 1.82) is 0 Å². The van der Waals surface area contributed by atoms with Crippen molar-refractivity contribution < 1.29 is 39.4 Å². The van der Waals surface area contributed by atoms with Crippen LogP contribution in [0.2, 0.25) is 0 Å². The molecular weight excluding hydrogens is 320 g/mol. The molecule has 2 heterocycles. The summed E-state index contributed by atoms with van der Waals surface area (Å²) in [5.74, 6) is -0.197. The van der Waals surface area contributed by atoms with Crippen LogP contribution in [0.25, 0.3) is 0 Å². The molecule has 0 amide bonds. The summed E-state index contributed by atoms with van der Waals surface area (Å²) in [5.41, 5.74) is 0. The highest BCUT2D eigenvalue weighted by Gasteiger charge is 2.48. The molecular formula is C16H30O8. The first-order valence-corrected chi connectivity index (χ1v) is 8.62. The van der Waals surface area contributed by atoms with Crippen molar-refractivity contribution in [1.82, 2.24) is 0 Å². The Morgan fingerprint density at radius 3 is 1.96 bits per heavy atom. The second-order valence-corrected chi connectivity index (χ2v) is 6.51. The number of hydrogen-bond acceptors (Lipinski definition) is 8. The smallest absolute Gasteiger partial charge is 0.186 e. The summed E-state index contributed by atoms with van der Waals surface area (Å²) in [6.07, 6.45) is -7.99. The third-order valence-electron chi connectivity index (χ3n) is 4.89. The average molecular weight is 350 g/mol. The van der Waals surface area contributed by atoms with Gasteiger partial charge in [0.05, 0.1) is 18.3 Å². The minimum atomic E-state index is -1.28. The maximum Gasteiger partial charge on any atom is 0.186 e. The number of aliphatic hydroxyl groups excluding tert-OH is 4. The van der Waals surface area contributed by atoms with Gasteiger partial charge in [-0.3, -0.25) is 0 Å². The molecule has 0 radical (unpaired) electrons. The molecule has 2 rings (SSSR count). The summed E-state index contributed by atoms with van der Waals surface area (Å²) in [6.45, 7) is 7.48. The zero-order chi connectivity index (χ0) is 18.0. The van der Waals surface area contributed by atoms with Crippen LogP contribution in [0.3, 0.4) is 0 Å². The summed E-state index contributed by atoms with van der Waals surface area (Å²) in [6, 6.07) is 0. The zero-order valence-corrected chi connectivity index (χ0v) is 14.6. The first kappa shape index (κ1) is 20.0. The molecule has 2 aliphatic rings. The maximum absolute atomic E-state index is 10.3. The molecule has 0 aromatic heterocycles. The molecule has 0 aliphatic carbocycles. The molecule has 6 unspecified atom stereocenters. The van der Waals surface area contributed by atoms with Gasteiger partial charge in [-0.1, -0.05) is 6.92 Å². The highest BCUT2D eigenvalue weighted by Crippen LogP contribution is 2.32. The van der Waals surface area contributed by atoms with Crippen LogP contribution in [0.15, 0.2) is 0 Å². The van der Waals surface area contributed by atoms with E-state index in [1.54, 1.807) is 20.8 Å². The predicted octanol–water partition coefficient (Wildman–Crippen LogP) is -0.632. The van der Waals surface area contributed by atoms with Gasteiger partial charge in [0.1, 0.15) is 24.4 Å². The molecule has 8 heteroatoms. The topological polar surface area (TPSA) is 118 Å². The van der Waals surface area contributed by atoms with Crippen LogP contribution in [0.5, 0.6) is 0 Å². The Balaban J connectivity index is 2.04. The van der Waals surface area contributed by atoms with E-state index in [-0.39, 0.29) is 12.0 Å². The fourth-order valence-electron chi connectivity index (χ4n) is 3.42. The molecule has 0 aromatic carbocycles. The molecule has 2 aliphatic heterocycles. The van der Waals surface area contributed by atoms with Crippen LogP contribution in [0.4, 0.5) is 0 Å².